The van der Waals surface area contributed by atoms with Crippen LogP contribution in [0.2, 0.25) is 0 Å². The number of allylic oxidation sites excluding steroid dienone is 2. The molecule has 0 aliphatic heterocycles. The molecule has 2 rings (SSSR count). The number of carbonyl (C=O) groups is 1. The number of alkyl halides is 6. The van der Waals surface area contributed by atoms with Crippen molar-refractivity contribution in [3.63, 3.8) is 0 Å². The number of nitrogens with zero attached hydrogens (tertiary/aromatic N) is 1. The molecule has 0 aliphatic rings. The molecule has 0 saturated carbocycles. The molecule has 1 radical (unpaired) electrons. The number of aliphatic hydroxyl groups excluding tert-OH is 1. The summed E-state index contributed by atoms with van der Waals surface area (Å²) >= 11 is 1.68. The number of carbonyl (C=O) groups excluding carboxylic acids is 1. The molecular weight excluding hydrogens is 644 g/mol. The number of halogens is 6. The van der Waals surface area contributed by atoms with E-state index < -0.39 is 30.0 Å². The number of benzene rings is 1. The summed E-state index contributed by atoms with van der Waals surface area (Å²) in [5, 5.41) is 7.93. The van der Waals surface area contributed by atoms with Gasteiger partial charge in [-0.3, -0.25) is 4.79 Å². The Balaban J connectivity index is 0.000000617. The van der Waals surface area contributed by atoms with Crippen molar-refractivity contribution in [2.75, 3.05) is 20.5 Å². The van der Waals surface area contributed by atoms with E-state index in [1.807, 2.05) is 24.5 Å². The summed E-state index contributed by atoms with van der Waals surface area (Å²) in [6.07, 6.45) is -7.85. The van der Waals surface area contributed by atoms with E-state index >= 15 is 0 Å². The first-order valence-electron chi connectivity index (χ1n) is 8.06. The van der Waals surface area contributed by atoms with E-state index in [2.05, 4.69) is 11.1 Å². The van der Waals surface area contributed by atoms with Crippen LogP contribution in [0.5, 0.6) is 11.5 Å². The van der Waals surface area contributed by atoms with E-state index in [1.165, 1.54) is 0 Å². The van der Waals surface area contributed by atoms with Crippen LogP contribution in [-0.2, 0) is 24.9 Å². The quantitative estimate of drug-likeness (QED) is 0.152. The van der Waals surface area contributed by atoms with E-state index in [-0.39, 0.29) is 20.1 Å². The standard InChI is InChI=1S/C14H14NO2S.C5H2F6O2.Ir/c1-16-10-4-5-12(14(8-10)17-2)13-9-11(18-3)6-7-15-13;6-4(7,8)2(12)1-3(13)5(9,10)11;/h4,6-9H,1-3H3;1,12H;/q-1;;/b;2-1-;. The van der Waals surface area contributed by atoms with Crippen molar-refractivity contribution < 1.29 is 65.8 Å². The van der Waals surface area contributed by atoms with Crippen molar-refractivity contribution in [2.24, 2.45) is 0 Å². The van der Waals surface area contributed by atoms with Crippen LogP contribution < -0.4 is 9.47 Å². The first-order valence-corrected chi connectivity index (χ1v) is 9.29. The second-order valence-electron chi connectivity index (χ2n) is 5.45. The van der Waals surface area contributed by atoms with Crippen LogP contribution in [0.25, 0.3) is 11.3 Å². The van der Waals surface area contributed by atoms with Crippen LogP contribution in [0.3, 0.4) is 0 Å². The molecule has 0 aliphatic carbocycles. The second kappa shape index (κ2) is 12.7. The Labute approximate surface area is 197 Å². The van der Waals surface area contributed by atoms with E-state index in [1.54, 1.807) is 38.2 Å². The largest absolute Gasteiger partial charge is 0.540 e. The molecule has 1 aromatic carbocycles. The molecule has 1 heterocycles. The number of aliphatic hydroxyl groups is 1. The summed E-state index contributed by atoms with van der Waals surface area (Å²) in [7, 11) is 3.25. The molecule has 32 heavy (non-hydrogen) atoms. The third kappa shape index (κ3) is 9.09. The summed E-state index contributed by atoms with van der Waals surface area (Å²) in [4.78, 5) is 15.4. The monoisotopic (exact) mass is 661 g/mol. The van der Waals surface area contributed by atoms with Gasteiger partial charge in [-0.15, -0.1) is 23.9 Å². The van der Waals surface area contributed by atoms with Gasteiger partial charge in [0.25, 0.3) is 5.78 Å². The maximum atomic E-state index is 11.4. The predicted molar refractivity (Wildman–Crippen MR) is 101 cm³/mol. The molecule has 5 nitrogen and oxygen atoms in total. The van der Waals surface area contributed by atoms with Crippen LogP contribution in [0.4, 0.5) is 26.3 Å². The van der Waals surface area contributed by atoms with Crippen molar-refractivity contribution >= 4 is 17.5 Å². The Morgan fingerprint density at radius 1 is 1.12 bits per heavy atom. The molecule has 0 atom stereocenters. The van der Waals surface area contributed by atoms with Gasteiger partial charge in [-0.2, -0.15) is 26.3 Å². The molecule has 179 valence electrons. The topological polar surface area (TPSA) is 68.7 Å². The normalized spacial score (nSPS) is 11.6. The van der Waals surface area contributed by atoms with E-state index in [4.69, 9.17) is 14.6 Å². The number of rotatable bonds is 5. The van der Waals surface area contributed by atoms with Crippen LogP contribution in [-0.4, -0.2) is 48.7 Å². The summed E-state index contributed by atoms with van der Waals surface area (Å²) < 4.78 is 78.6. The number of ketones is 1. The number of hydrogen-bond donors (Lipinski definition) is 1. The van der Waals surface area contributed by atoms with Gasteiger partial charge < -0.3 is 19.6 Å². The fourth-order valence-corrected chi connectivity index (χ4v) is 2.33. The molecule has 0 saturated heterocycles. The zero-order valence-corrected chi connectivity index (χ0v) is 19.8. The van der Waals surface area contributed by atoms with Gasteiger partial charge in [0.05, 0.1) is 14.2 Å². The first kappa shape index (κ1) is 29.8. The molecule has 1 N–H and O–H groups in total. The predicted octanol–water partition coefficient (Wildman–Crippen LogP) is 5.41. The third-order valence-electron chi connectivity index (χ3n) is 3.40. The number of aromatic nitrogens is 1. The van der Waals surface area contributed by atoms with Crippen molar-refractivity contribution in [3.8, 4) is 22.8 Å². The average Bonchev–Trinajstić information content (AvgIpc) is 2.72. The van der Waals surface area contributed by atoms with Crippen LogP contribution in [0.15, 0.2) is 47.2 Å². The summed E-state index contributed by atoms with van der Waals surface area (Å²) in [5.74, 6) is -3.91. The molecule has 2 aromatic rings. The molecule has 0 unspecified atom stereocenters. The Hall–Kier alpha value is -2.24. The van der Waals surface area contributed by atoms with Gasteiger partial charge in [-0.1, -0.05) is 17.7 Å². The zero-order valence-electron chi connectivity index (χ0n) is 16.6. The number of ether oxygens (including phenoxy) is 2. The SMILES string of the molecule is COc1c[c-]c(-c2cc(SC)ccn2)c(OC)c1.O=C(/C=C(\O)C(F)(F)F)C(F)(F)F.[Ir]. The van der Waals surface area contributed by atoms with Gasteiger partial charge in [0.1, 0.15) is 0 Å². The Morgan fingerprint density at radius 3 is 2.22 bits per heavy atom. The molecule has 0 amide bonds. The number of pyridine rings is 1. The van der Waals surface area contributed by atoms with Crippen LogP contribution in [0.1, 0.15) is 0 Å². The van der Waals surface area contributed by atoms with E-state index in [0.717, 1.165) is 21.9 Å². The van der Waals surface area contributed by atoms with Crippen LogP contribution >= 0.6 is 11.8 Å². The fraction of sp³-hybridized carbons (Fsp3) is 0.263. The number of hydrogen-bond acceptors (Lipinski definition) is 6. The van der Waals surface area contributed by atoms with Crippen molar-refractivity contribution in [1.82, 2.24) is 4.98 Å². The fourth-order valence-electron chi connectivity index (χ4n) is 1.90. The summed E-state index contributed by atoms with van der Waals surface area (Å²) in [6.45, 7) is 0. The van der Waals surface area contributed by atoms with Gasteiger partial charge >= 0.3 is 12.4 Å². The van der Waals surface area contributed by atoms with Crippen LogP contribution in [0, 0.1) is 6.07 Å². The summed E-state index contributed by atoms with van der Waals surface area (Å²) in [5.41, 5.74) is 1.69. The Morgan fingerprint density at radius 2 is 1.75 bits per heavy atom. The minimum absolute atomic E-state index is 0. The van der Waals surface area contributed by atoms with Gasteiger partial charge in [0, 0.05) is 48.8 Å². The average molecular weight is 661 g/mol. The first-order chi connectivity index (χ1) is 14.3. The molecule has 1 aromatic heterocycles. The van der Waals surface area contributed by atoms with Gasteiger partial charge in [0.15, 0.2) is 0 Å². The minimum atomic E-state index is -5.42. The zero-order chi connectivity index (χ0) is 23.8. The van der Waals surface area contributed by atoms with Crippen molar-refractivity contribution in [3.05, 3.63) is 48.4 Å². The van der Waals surface area contributed by atoms with Crippen molar-refractivity contribution in [1.29, 1.82) is 0 Å². The number of methoxy groups -OCH3 is 2. The smallest absolute Gasteiger partial charge is 0.454 e. The third-order valence-corrected chi connectivity index (χ3v) is 4.12. The maximum Gasteiger partial charge on any atom is 0.454 e. The Bertz CT molecular complexity index is 935. The van der Waals surface area contributed by atoms with Gasteiger partial charge in [-0.05, 0) is 18.0 Å². The van der Waals surface area contributed by atoms with Gasteiger partial charge in [-0.25, -0.2) is 0 Å². The van der Waals surface area contributed by atoms with E-state index in [0.29, 0.717) is 5.75 Å². The molecule has 0 bridgehead atoms. The molecule has 0 spiro atoms. The maximum absolute atomic E-state index is 11.4. The number of thioether (sulfide) groups is 1. The van der Waals surface area contributed by atoms with Crippen molar-refractivity contribution in [2.45, 2.75) is 17.2 Å². The van der Waals surface area contributed by atoms with E-state index in [9.17, 15) is 31.1 Å². The molecular formula is C19H16F6IrNO4S-. The minimum Gasteiger partial charge on any atom is -0.540 e. The van der Waals surface area contributed by atoms with Gasteiger partial charge in [0.2, 0.25) is 5.76 Å². The Kier molecular flexibility index (Phi) is 11.8. The summed E-state index contributed by atoms with van der Waals surface area (Å²) in [6, 6.07) is 10.8. The molecule has 0 fully saturated rings. The molecule has 13 heteroatoms. The second-order valence-corrected chi connectivity index (χ2v) is 6.33.